The fourth-order valence-electron chi connectivity index (χ4n) is 1.46. The third kappa shape index (κ3) is 4.09. The second kappa shape index (κ2) is 6.82. The van der Waals surface area contributed by atoms with E-state index in [1.165, 1.54) is 0 Å². The van der Waals surface area contributed by atoms with E-state index in [9.17, 15) is 4.79 Å². The summed E-state index contributed by atoms with van der Waals surface area (Å²) in [7, 11) is 0. The molecule has 84 valence electrons. The molecule has 3 heteroatoms. The molecule has 1 amide bonds. The molecule has 0 saturated carbocycles. The number of amides is 1. The molecular formula is C11H24N2O. The Bertz CT molecular complexity index is 156. The van der Waals surface area contributed by atoms with Crippen LogP contribution in [0.2, 0.25) is 0 Å². The summed E-state index contributed by atoms with van der Waals surface area (Å²) in [5.41, 5.74) is 5.52. The third-order valence-electron chi connectivity index (χ3n) is 2.91. The van der Waals surface area contributed by atoms with Gasteiger partial charge in [0.15, 0.2) is 0 Å². The van der Waals surface area contributed by atoms with Crippen LogP contribution in [0.25, 0.3) is 0 Å². The lowest BCUT2D eigenvalue weighted by molar-refractivity contribution is -0.123. The lowest BCUT2D eigenvalue weighted by Gasteiger charge is -2.31. The number of hydrogen-bond acceptors (Lipinski definition) is 2. The molecule has 3 N–H and O–H groups in total. The molecule has 0 heterocycles. The highest BCUT2D eigenvalue weighted by Gasteiger charge is 2.25. The van der Waals surface area contributed by atoms with Crippen LogP contribution < -0.4 is 11.1 Å². The summed E-state index contributed by atoms with van der Waals surface area (Å²) in [6, 6.07) is 0. The van der Waals surface area contributed by atoms with Gasteiger partial charge in [-0.05, 0) is 19.3 Å². The van der Waals surface area contributed by atoms with Crippen LogP contribution in [0, 0.1) is 0 Å². The molecule has 3 nitrogen and oxygen atoms in total. The molecule has 0 atom stereocenters. The van der Waals surface area contributed by atoms with Gasteiger partial charge in [-0.1, -0.05) is 27.2 Å². The first-order valence-electron chi connectivity index (χ1n) is 5.65. The zero-order chi connectivity index (χ0) is 11.0. The summed E-state index contributed by atoms with van der Waals surface area (Å²) in [5, 5.41) is 3.05. The van der Waals surface area contributed by atoms with E-state index in [2.05, 4.69) is 26.1 Å². The SMILES string of the molecule is CCCCC(=O)NC(CC)(CC)CN. The maximum Gasteiger partial charge on any atom is 0.220 e. The van der Waals surface area contributed by atoms with E-state index in [4.69, 9.17) is 5.73 Å². The molecule has 0 fully saturated rings. The van der Waals surface area contributed by atoms with Crippen LogP contribution in [-0.2, 0) is 4.79 Å². The van der Waals surface area contributed by atoms with Crippen molar-refractivity contribution in [1.82, 2.24) is 5.32 Å². The Morgan fingerprint density at radius 3 is 2.21 bits per heavy atom. The molecule has 0 aromatic heterocycles. The molecular weight excluding hydrogens is 176 g/mol. The molecule has 0 aromatic carbocycles. The predicted octanol–water partition coefficient (Wildman–Crippen LogP) is 1.81. The maximum atomic E-state index is 11.5. The van der Waals surface area contributed by atoms with Gasteiger partial charge >= 0.3 is 0 Å². The highest BCUT2D eigenvalue weighted by molar-refractivity contribution is 5.76. The molecule has 0 aliphatic heterocycles. The zero-order valence-electron chi connectivity index (χ0n) is 9.73. The van der Waals surface area contributed by atoms with Crippen molar-refractivity contribution in [3.8, 4) is 0 Å². The number of unbranched alkanes of at least 4 members (excludes halogenated alkanes) is 1. The fourth-order valence-corrected chi connectivity index (χ4v) is 1.46. The monoisotopic (exact) mass is 200 g/mol. The van der Waals surface area contributed by atoms with Gasteiger partial charge in [0.2, 0.25) is 5.91 Å². The molecule has 0 aromatic rings. The maximum absolute atomic E-state index is 11.5. The Labute approximate surface area is 87.4 Å². The second-order valence-corrected chi connectivity index (χ2v) is 3.84. The Morgan fingerprint density at radius 1 is 1.29 bits per heavy atom. The van der Waals surface area contributed by atoms with E-state index in [0.717, 1.165) is 25.7 Å². The average Bonchev–Trinajstić information content (AvgIpc) is 2.23. The standard InChI is InChI=1S/C11H24N2O/c1-4-7-8-10(14)13-11(5-2,6-3)9-12/h4-9,12H2,1-3H3,(H,13,14). The molecule has 14 heavy (non-hydrogen) atoms. The van der Waals surface area contributed by atoms with Crippen LogP contribution in [0.3, 0.4) is 0 Å². The van der Waals surface area contributed by atoms with Crippen molar-refractivity contribution in [2.24, 2.45) is 5.73 Å². The number of carbonyl (C=O) groups is 1. The normalized spacial score (nSPS) is 11.4. The summed E-state index contributed by atoms with van der Waals surface area (Å²) in [4.78, 5) is 11.5. The zero-order valence-corrected chi connectivity index (χ0v) is 9.73. The van der Waals surface area contributed by atoms with E-state index in [-0.39, 0.29) is 11.4 Å². The van der Waals surface area contributed by atoms with Gasteiger partial charge in [-0.2, -0.15) is 0 Å². The van der Waals surface area contributed by atoms with Gasteiger partial charge < -0.3 is 11.1 Å². The molecule has 0 aliphatic carbocycles. The minimum atomic E-state index is -0.176. The topological polar surface area (TPSA) is 55.1 Å². The van der Waals surface area contributed by atoms with Gasteiger partial charge in [-0.3, -0.25) is 4.79 Å². The van der Waals surface area contributed by atoms with E-state index < -0.39 is 0 Å². The van der Waals surface area contributed by atoms with Crippen LogP contribution in [-0.4, -0.2) is 18.0 Å². The molecule has 0 radical (unpaired) electrons. The fraction of sp³-hybridized carbons (Fsp3) is 0.909. The minimum Gasteiger partial charge on any atom is -0.349 e. The van der Waals surface area contributed by atoms with Crippen LogP contribution in [0.1, 0.15) is 52.9 Å². The van der Waals surface area contributed by atoms with Crippen LogP contribution >= 0.6 is 0 Å². The van der Waals surface area contributed by atoms with Crippen LogP contribution in [0.4, 0.5) is 0 Å². The van der Waals surface area contributed by atoms with E-state index in [1.807, 2.05) is 0 Å². The summed E-state index contributed by atoms with van der Waals surface area (Å²) >= 11 is 0. The number of nitrogens with two attached hydrogens (primary N) is 1. The highest BCUT2D eigenvalue weighted by atomic mass is 16.1. The summed E-state index contributed by atoms with van der Waals surface area (Å²) in [6.07, 6.45) is 4.44. The van der Waals surface area contributed by atoms with Crippen molar-refractivity contribution in [1.29, 1.82) is 0 Å². The molecule has 0 saturated heterocycles. The summed E-state index contributed by atoms with van der Waals surface area (Å²) in [5.74, 6) is 0.140. The molecule has 0 aliphatic rings. The average molecular weight is 200 g/mol. The lowest BCUT2D eigenvalue weighted by atomic mass is 9.92. The Balaban J connectivity index is 4.08. The first kappa shape index (κ1) is 13.4. The van der Waals surface area contributed by atoms with E-state index in [1.54, 1.807) is 0 Å². The lowest BCUT2D eigenvalue weighted by Crippen LogP contribution is -2.52. The number of hydrogen-bond donors (Lipinski definition) is 2. The van der Waals surface area contributed by atoms with Crippen molar-refractivity contribution in [3.63, 3.8) is 0 Å². The van der Waals surface area contributed by atoms with Gasteiger partial charge in [0.1, 0.15) is 0 Å². The van der Waals surface area contributed by atoms with Gasteiger partial charge in [0, 0.05) is 13.0 Å². The molecule has 0 spiro atoms. The number of nitrogens with one attached hydrogen (secondary N) is 1. The smallest absolute Gasteiger partial charge is 0.220 e. The highest BCUT2D eigenvalue weighted by Crippen LogP contribution is 2.13. The Hall–Kier alpha value is -0.570. The van der Waals surface area contributed by atoms with Crippen molar-refractivity contribution in [2.45, 2.75) is 58.4 Å². The van der Waals surface area contributed by atoms with Gasteiger partial charge in [0.05, 0.1) is 5.54 Å². The largest absolute Gasteiger partial charge is 0.349 e. The summed E-state index contributed by atoms with van der Waals surface area (Å²) < 4.78 is 0. The van der Waals surface area contributed by atoms with Crippen LogP contribution in [0.5, 0.6) is 0 Å². The van der Waals surface area contributed by atoms with Crippen LogP contribution in [0.15, 0.2) is 0 Å². The molecule has 0 rings (SSSR count). The second-order valence-electron chi connectivity index (χ2n) is 3.84. The van der Waals surface area contributed by atoms with Crippen molar-refractivity contribution < 1.29 is 4.79 Å². The summed E-state index contributed by atoms with van der Waals surface area (Å²) in [6.45, 7) is 6.74. The Kier molecular flexibility index (Phi) is 6.54. The number of rotatable bonds is 7. The van der Waals surface area contributed by atoms with E-state index in [0.29, 0.717) is 13.0 Å². The Morgan fingerprint density at radius 2 is 1.86 bits per heavy atom. The quantitative estimate of drug-likeness (QED) is 0.658. The van der Waals surface area contributed by atoms with Crippen molar-refractivity contribution >= 4 is 5.91 Å². The predicted molar refractivity (Wildman–Crippen MR) is 60.0 cm³/mol. The van der Waals surface area contributed by atoms with E-state index >= 15 is 0 Å². The first-order chi connectivity index (χ1) is 6.64. The van der Waals surface area contributed by atoms with Gasteiger partial charge in [-0.25, -0.2) is 0 Å². The minimum absolute atomic E-state index is 0.140. The van der Waals surface area contributed by atoms with Gasteiger partial charge in [0.25, 0.3) is 0 Å². The molecule has 0 bridgehead atoms. The first-order valence-corrected chi connectivity index (χ1v) is 5.65. The van der Waals surface area contributed by atoms with Crippen molar-refractivity contribution in [2.75, 3.05) is 6.54 Å². The number of carbonyl (C=O) groups excluding carboxylic acids is 1. The van der Waals surface area contributed by atoms with Crippen molar-refractivity contribution in [3.05, 3.63) is 0 Å². The molecule has 0 unspecified atom stereocenters. The van der Waals surface area contributed by atoms with Gasteiger partial charge in [-0.15, -0.1) is 0 Å². The third-order valence-corrected chi connectivity index (χ3v) is 2.91.